The van der Waals surface area contributed by atoms with Gasteiger partial charge in [0.25, 0.3) is 0 Å². The zero-order valence-electron chi connectivity index (χ0n) is 17.2. The van der Waals surface area contributed by atoms with E-state index in [0.717, 1.165) is 26.1 Å². The molecule has 4 nitrogen and oxygen atoms in total. The summed E-state index contributed by atoms with van der Waals surface area (Å²) in [5.74, 6) is 0. The summed E-state index contributed by atoms with van der Waals surface area (Å²) in [4.78, 5) is 15.5. The first-order valence-electron chi connectivity index (χ1n) is 8.04. The Kier molecular flexibility index (Phi) is 20.8. The Hall–Kier alpha value is 0.221. The van der Waals surface area contributed by atoms with Crippen LogP contribution >= 0.6 is 0 Å². The molecule has 1 amide bonds. The Bertz CT molecular complexity index is 428. The van der Waals surface area contributed by atoms with E-state index in [0.29, 0.717) is 6.54 Å². The van der Waals surface area contributed by atoms with Crippen LogP contribution in [0, 0.1) is 7.05 Å². The molecule has 0 saturated carbocycles. The predicted molar refractivity (Wildman–Crippen MR) is 89.9 cm³/mol. The van der Waals surface area contributed by atoms with Gasteiger partial charge in [-0.25, -0.2) is 4.79 Å². The van der Waals surface area contributed by atoms with Crippen molar-refractivity contribution in [3.63, 3.8) is 0 Å². The van der Waals surface area contributed by atoms with Gasteiger partial charge in [0, 0.05) is 13.1 Å². The number of ether oxygens (including phenoxy) is 1. The molecule has 0 spiro atoms. The van der Waals surface area contributed by atoms with Gasteiger partial charge in [-0.1, -0.05) is 0 Å². The average molecular weight is 513 g/mol. The molecule has 1 fully saturated rings. The Morgan fingerprint density at radius 3 is 1.35 bits per heavy atom. The van der Waals surface area contributed by atoms with E-state index >= 15 is 0 Å². The van der Waals surface area contributed by atoms with Gasteiger partial charge in [-0.05, 0) is 40.3 Å². The van der Waals surface area contributed by atoms with Crippen LogP contribution in [0.3, 0.4) is 0 Å². The van der Waals surface area contributed by atoms with Crippen LogP contribution in [0.2, 0.25) is 0 Å². The van der Waals surface area contributed by atoms with Crippen LogP contribution in [-0.4, -0.2) is 69.4 Å². The number of carbonyl (C=O) groups excluding carboxylic acids is 1. The number of hydrogen-bond donors (Lipinski definition) is 0. The van der Waals surface area contributed by atoms with Crippen LogP contribution in [0.15, 0.2) is 0 Å². The van der Waals surface area contributed by atoms with Crippen molar-refractivity contribution in [1.82, 2.24) is 9.80 Å². The SMILES string of the molecule is F[B-](F)(F)F.F[B-](F)(F)F.F[B-](F)(F)F.[CH2-]N1CCCN(C(=O)OC(C)(C)C)CC1.[K+]. The largest absolute Gasteiger partial charge is 1.00 e. The molecule has 0 aliphatic carbocycles. The third-order valence-electron chi connectivity index (χ3n) is 2.24. The second kappa shape index (κ2) is 16.8. The summed E-state index contributed by atoms with van der Waals surface area (Å²) in [6.45, 7) is 8.89. The van der Waals surface area contributed by atoms with E-state index in [9.17, 15) is 56.6 Å². The van der Waals surface area contributed by atoms with E-state index in [-0.39, 0.29) is 57.5 Å². The van der Waals surface area contributed by atoms with Gasteiger partial charge in [-0.2, -0.15) is 0 Å². The van der Waals surface area contributed by atoms with Crippen molar-refractivity contribution in [2.24, 2.45) is 0 Å². The van der Waals surface area contributed by atoms with Crippen LogP contribution in [0.25, 0.3) is 0 Å². The molecule has 0 atom stereocenters. The number of amides is 1. The molecule has 0 radical (unpaired) electrons. The van der Waals surface area contributed by atoms with E-state index in [1.54, 1.807) is 4.90 Å². The van der Waals surface area contributed by atoms with Gasteiger partial charge in [0.15, 0.2) is 0 Å². The van der Waals surface area contributed by atoms with Crippen molar-refractivity contribution in [2.45, 2.75) is 32.8 Å². The zero-order chi connectivity index (χ0) is 25.0. The van der Waals surface area contributed by atoms with Crippen molar-refractivity contribution in [3.05, 3.63) is 7.05 Å². The summed E-state index contributed by atoms with van der Waals surface area (Å²) < 4.78 is 122. The van der Waals surface area contributed by atoms with E-state index in [1.807, 2.05) is 25.7 Å². The van der Waals surface area contributed by atoms with Crippen molar-refractivity contribution in [2.75, 3.05) is 26.2 Å². The quantitative estimate of drug-likeness (QED) is 0.284. The van der Waals surface area contributed by atoms with Crippen molar-refractivity contribution < 1.29 is 113 Å². The third-order valence-corrected chi connectivity index (χ3v) is 2.24. The molecule has 31 heavy (non-hydrogen) atoms. The minimum absolute atomic E-state index is 0. The second-order valence-electron chi connectivity index (χ2n) is 6.42. The number of hydrogen-bond acceptors (Lipinski definition) is 3. The summed E-state index contributed by atoms with van der Waals surface area (Å²) >= 11 is 0. The molecule has 0 bridgehead atoms. The molecule has 1 rings (SSSR count). The summed E-state index contributed by atoms with van der Waals surface area (Å²) in [7, 11) is -14.1. The van der Waals surface area contributed by atoms with Gasteiger partial charge in [0.2, 0.25) is 0 Å². The van der Waals surface area contributed by atoms with Crippen LogP contribution in [0.1, 0.15) is 27.2 Å². The molecule has 20 heteroatoms. The molecule has 0 aromatic carbocycles. The van der Waals surface area contributed by atoms with Crippen LogP contribution in [0.4, 0.5) is 56.6 Å². The maximum absolute atomic E-state index is 11.7. The Morgan fingerprint density at radius 1 is 0.742 bits per heavy atom. The van der Waals surface area contributed by atoms with E-state index in [2.05, 4.69) is 7.05 Å². The maximum Gasteiger partial charge on any atom is 1.00 e. The number of nitrogens with zero attached hydrogens (tertiary/aromatic N) is 2. The Morgan fingerprint density at radius 2 is 1.06 bits per heavy atom. The summed E-state index contributed by atoms with van der Waals surface area (Å²) in [5.41, 5.74) is -0.409. The minimum Gasteiger partial charge on any atom is -0.458 e. The molecule has 1 heterocycles. The van der Waals surface area contributed by atoms with Gasteiger partial charge in [0.05, 0.1) is 0 Å². The Balaban J connectivity index is -0.000000189. The molecule has 0 N–H and O–H groups in total. The maximum atomic E-state index is 11.7. The van der Waals surface area contributed by atoms with E-state index in [1.165, 1.54) is 0 Å². The summed E-state index contributed by atoms with van der Waals surface area (Å²) in [5, 5.41) is 0. The number of carbonyl (C=O) groups is 1. The van der Waals surface area contributed by atoms with E-state index in [4.69, 9.17) is 4.74 Å². The van der Waals surface area contributed by atoms with Crippen molar-refractivity contribution in [3.8, 4) is 0 Å². The molecule has 0 unspecified atom stereocenters. The van der Waals surface area contributed by atoms with Gasteiger partial charge in [-0.15, -0.1) is 0 Å². The number of halogens is 12. The molecular formula is C11H21B3F12KN2O2-3. The van der Waals surface area contributed by atoms with Gasteiger partial charge >= 0.3 is 79.2 Å². The topological polar surface area (TPSA) is 32.8 Å². The smallest absolute Gasteiger partial charge is 0.458 e. The molecule has 1 aliphatic rings. The normalized spacial score (nSPS) is 15.4. The molecule has 0 aromatic rings. The first-order valence-corrected chi connectivity index (χ1v) is 8.04. The Labute approximate surface area is 215 Å². The first-order chi connectivity index (χ1) is 12.9. The fourth-order valence-corrected chi connectivity index (χ4v) is 1.48. The third kappa shape index (κ3) is 58.9. The molecule has 1 saturated heterocycles. The molecule has 1 aliphatic heterocycles. The number of rotatable bonds is 0. The standard InChI is InChI=1S/C11H21N2O2.3BF4.K/c1-11(2,3)15-10(14)13-7-5-6-12(4)8-9-13;3*2-1(3,4)5;/h4-9H2,1-3H3;;;;/q4*-1;+1. The zero-order valence-corrected chi connectivity index (χ0v) is 20.3. The van der Waals surface area contributed by atoms with Crippen molar-refractivity contribution in [1.29, 1.82) is 0 Å². The summed E-state index contributed by atoms with van der Waals surface area (Å²) in [6.07, 6.45) is 0.751. The van der Waals surface area contributed by atoms with Crippen molar-refractivity contribution >= 4 is 27.9 Å². The fourth-order valence-electron chi connectivity index (χ4n) is 1.48. The minimum atomic E-state index is -6.00. The van der Waals surface area contributed by atoms with Crippen LogP contribution in [0.5, 0.6) is 0 Å². The van der Waals surface area contributed by atoms with Crippen LogP contribution < -0.4 is 51.4 Å². The fraction of sp³-hybridized carbons (Fsp3) is 0.818. The molecule has 184 valence electrons. The second-order valence-corrected chi connectivity index (χ2v) is 6.42. The van der Waals surface area contributed by atoms with Gasteiger partial charge in [-0.3, -0.25) is 7.05 Å². The summed E-state index contributed by atoms with van der Waals surface area (Å²) in [6, 6.07) is 0. The van der Waals surface area contributed by atoms with Gasteiger partial charge < -0.3 is 66.3 Å². The monoisotopic (exact) mass is 513 g/mol. The average Bonchev–Trinajstić information content (AvgIpc) is 2.55. The van der Waals surface area contributed by atoms with Crippen LogP contribution in [-0.2, 0) is 4.74 Å². The predicted octanol–water partition coefficient (Wildman–Crippen LogP) is 2.62. The van der Waals surface area contributed by atoms with Gasteiger partial charge in [0.1, 0.15) is 5.60 Å². The molecular weight excluding hydrogens is 492 g/mol. The first kappa shape index (κ1) is 38.5. The molecule has 0 aromatic heterocycles. The van der Waals surface area contributed by atoms with E-state index < -0.39 is 27.4 Å².